The number of Topliss-reactive ketones (excluding diaryl/α,β-unsaturated/α-hetero) is 1. The van der Waals surface area contributed by atoms with Gasteiger partial charge in [-0.3, -0.25) is 4.79 Å². The van der Waals surface area contributed by atoms with Crippen molar-refractivity contribution in [2.24, 2.45) is 0 Å². The van der Waals surface area contributed by atoms with Crippen LogP contribution in [0.2, 0.25) is 5.02 Å². The fraction of sp³-hybridized carbons (Fsp3) is 0.286. The lowest BCUT2D eigenvalue weighted by Gasteiger charge is -2.06. The van der Waals surface area contributed by atoms with E-state index in [0.717, 1.165) is 22.7 Å². The molecule has 0 saturated carbocycles. The maximum Gasteiger partial charge on any atom is 0.182 e. The van der Waals surface area contributed by atoms with Gasteiger partial charge in [0, 0.05) is 28.3 Å². The lowest BCUT2D eigenvalue weighted by atomic mass is 10.0. The van der Waals surface area contributed by atoms with Crippen molar-refractivity contribution in [1.82, 2.24) is 4.98 Å². The summed E-state index contributed by atoms with van der Waals surface area (Å²) in [5.74, 6) is -0.227. The van der Waals surface area contributed by atoms with E-state index >= 15 is 0 Å². The van der Waals surface area contributed by atoms with E-state index in [9.17, 15) is 9.18 Å². The van der Waals surface area contributed by atoms with Crippen molar-refractivity contribution >= 4 is 28.7 Å². The number of halogens is 2. The van der Waals surface area contributed by atoms with E-state index in [4.69, 9.17) is 11.6 Å². The van der Waals surface area contributed by atoms with Crippen molar-refractivity contribution in [3.8, 4) is 0 Å². The zero-order chi connectivity index (χ0) is 13.4. The molecule has 1 aromatic carbocycles. The summed E-state index contributed by atoms with van der Waals surface area (Å²) >= 11 is 7.50. The highest BCUT2D eigenvalue weighted by molar-refractivity contribution is 7.12. The molecule has 98 valence electrons. The standard InChI is InChI=1S/C14H11ClFNOS/c15-9-3-1-4-10(16)8(9)7-13-17-14-11(18)5-2-6-12(14)19-13/h1,3-4H,2,5-7H2. The Hall–Kier alpha value is -1.26. The SMILES string of the molecule is O=C1CCCc2sc(Cc3c(F)cccc3Cl)nc21. The van der Waals surface area contributed by atoms with Crippen LogP contribution in [-0.4, -0.2) is 10.8 Å². The van der Waals surface area contributed by atoms with Crippen LogP contribution in [0, 0.1) is 5.82 Å². The van der Waals surface area contributed by atoms with E-state index in [1.165, 1.54) is 17.4 Å². The Kier molecular flexibility index (Phi) is 3.37. The van der Waals surface area contributed by atoms with Gasteiger partial charge in [0.25, 0.3) is 0 Å². The zero-order valence-corrected chi connectivity index (χ0v) is 11.7. The van der Waals surface area contributed by atoms with E-state index in [0.29, 0.717) is 29.1 Å². The van der Waals surface area contributed by atoms with Gasteiger partial charge in [-0.15, -0.1) is 11.3 Å². The first-order valence-electron chi connectivity index (χ1n) is 6.10. The molecule has 3 rings (SSSR count). The predicted molar refractivity (Wildman–Crippen MR) is 73.6 cm³/mol. The fourth-order valence-corrected chi connectivity index (χ4v) is 3.61. The molecule has 0 N–H and O–H groups in total. The number of carbonyl (C=O) groups excluding carboxylic acids is 1. The van der Waals surface area contributed by atoms with Gasteiger partial charge in [0.15, 0.2) is 5.78 Å². The number of hydrogen-bond acceptors (Lipinski definition) is 3. The summed E-state index contributed by atoms with van der Waals surface area (Å²) in [5.41, 5.74) is 1.03. The van der Waals surface area contributed by atoms with Crippen molar-refractivity contribution in [1.29, 1.82) is 0 Å². The van der Waals surface area contributed by atoms with Crippen LogP contribution < -0.4 is 0 Å². The van der Waals surface area contributed by atoms with Crippen LogP contribution in [0.15, 0.2) is 18.2 Å². The number of aryl methyl sites for hydroxylation is 1. The summed E-state index contributed by atoms with van der Waals surface area (Å²) in [6, 6.07) is 4.64. The van der Waals surface area contributed by atoms with Gasteiger partial charge in [-0.2, -0.15) is 0 Å². The molecule has 1 heterocycles. The minimum absolute atomic E-state index is 0.100. The largest absolute Gasteiger partial charge is 0.292 e. The molecule has 2 aromatic rings. The molecular weight excluding hydrogens is 285 g/mol. The maximum atomic E-state index is 13.7. The summed E-state index contributed by atoms with van der Waals surface area (Å²) in [4.78, 5) is 17.1. The Labute approximate surface area is 119 Å². The van der Waals surface area contributed by atoms with Crippen molar-refractivity contribution in [3.63, 3.8) is 0 Å². The Morgan fingerprint density at radius 1 is 1.37 bits per heavy atom. The van der Waals surface area contributed by atoms with Gasteiger partial charge in [-0.25, -0.2) is 9.37 Å². The summed E-state index contributed by atoms with van der Waals surface area (Å²) in [6.07, 6.45) is 2.69. The third kappa shape index (κ3) is 2.42. The maximum absolute atomic E-state index is 13.7. The molecule has 0 fully saturated rings. The molecule has 0 bridgehead atoms. The minimum Gasteiger partial charge on any atom is -0.292 e. The lowest BCUT2D eigenvalue weighted by Crippen LogP contribution is -2.09. The van der Waals surface area contributed by atoms with Crippen LogP contribution in [0.1, 0.15) is 38.8 Å². The van der Waals surface area contributed by atoms with E-state index in [2.05, 4.69) is 4.98 Å². The van der Waals surface area contributed by atoms with Gasteiger partial charge in [0.05, 0.1) is 5.01 Å². The molecule has 2 nitrogen and oxygen atoms in total. The summed E-state index contributed by atoms with van der Waals surface area (Å²) in [6.45, 7) is 0. The topological polar surface area (TPSA) is 30.0 Å². The van der Waals surface area contributed by atoms with E-state index in [-0.39, 0.29) is 11.6 Å². The minimum atomic E-state index is -0.327. The van der Waals surface area contributed by atoms with Gasteiger partial charge < -0.3 is 0 Å². The smallest absolute Gasteiger partial charge is 0.182 e. The first-order valence-corrected chi connectivity index (χ1v) is 7.29. The molecular formula is C14H11ClFNOS. The molecule has 0 atom stereocenters. The highest BCUT2D eigenvalue weighted by Gasteiger charge is 2.22. The molecule has 0 aliphatic heterocycles. The van der Waals surface area contributed by atoms with Crippen LogP contribution in [0.4, 0.5) is 4.39 Å². The third-order valence-electron chi connectivity index (χ3n) is 3.20. The van der Waals surface area contributed by atoms with Crippen LogP contribution in [0.5, 0.6) is 0 Å². The molecule has 0 saturated heterocycles. The number of rotatable bonds is 2. The van der Waals surface area contributed by atoms with Gasteiger partial charge in [-0.1, -0.05) is 17.7 Å². The Morgan fingerprint density at radius 3 is 2.95 bits per heavy atom. The van der Waals surface area contributed by atoms with Gasteiger partial charge in [0.2, 0.25) is 0 Å². The third-order valence-corrected chi connectivity index (χ3v) is 4.67. The van der Waals surface area contributed by atoms with Crippen LogP contribution in [-0.2, 0) is 12.8 Å². The van der Waals surface area contributed by atoms with Crippen molar-refractivity contribution < 1.29 is 9.18 Å². The fourth-order valence-electron chi connectivity index (χ4n) is 2.24. The average molecular weight is 296 g/mol. The highest BCUT2D eigenvalue weighted by Crippen LogP contribution is 2.30. The van der Waals surface area contributed by atoms with Crippen molar-refractivity contribution in [3.05, 3.63) is 50.2 Å². The van der Waals surface area contributed by atoms with Crippen molar-refractivity contribution in [2.75, 3.05) is 0 Å². The number of hydrogen-bond donors (Lipinski definition) is 0. The van der Waals surface area contributed by atoms with Gasteiger partial charge in [0.1, 0.15) is 11.5 Å². The quantitative estimate of drug-likeness (QED) is 0.837. The number of nitrogens with zero attached hydrogens (tertiary/aromatic N) is 1. The number of ketones is 1. The molecule has 19 heavy (non-hydrogen) atoms. The van der Waals surface area contributed by atoms with Crippen LogP contribution in [0.3, 0.4) is 0 Å². The van der Waals surface area contributed by atoms with Gasteiger partial charge >= 0.3 is 0 Å². The molecule has 1 aliphatic rings. The molecule has 0 spiro atoms. The van der Waals surface area contributed by atoms with Crippen LogP contribution in [0.25, 0.3) is 0 Å². The molecule has 0 amide bonds. The first-order chi connectivity index (χ1) is 9.15. The lowest BCUT2D eigenvalue weighted by molar-refractivity contribution is 0.0968. The number of thiazole rings is 1. The summed E-state index contributed by atoms with van der Waals surface area (Å²) in [7, 11) is 0. The Balaban J connectivity index is 1.94. The second-order valence-corrected chi connectivity index (χ2v) is 6.11. The second-order valence-electron chi connectivity index (χ2n) is 4.53. The monoisotopic (exact) mass is 295 g/mol. The predicted octanol–water partition coefficient (Wildman–Crippen LogP) is 4.05. The van der Waals surface area contributed by atoms with Crippen molar-refractivity contribution in [2.45, 2.75) is 25.7 Å². The summed E-state index contributed by atoms with van der Waals surface area (Å²) in [5, 5.41) is 1.16. The number of fused-ring (bicyclic) bond motifs is 1. The molecule has 0 radical (unpaired) electrons. The number of benzene rings is 1. The summed E-state index contributed by atoms with van der Waals surface area (Å²) < 4.78 is 13.7. The van der Waals surface area contributed by atoms with Crippen LogP contribution >= 0.6 is 22.9 Å². The molecule has 1 aromatic heterocycles. The van der Waals surface area contributed by atoms with Gasteiger partial charge in [-0.05, 0) is 25.0 Å². The van der Waals surface area contributed by atoms with E-state index in [1.807, 2.05) is 0 Å². The molecule has 1 aliphatic carbocycles. The van der Waals surface area contributed by atoms with E-state index in [1.54, 1.807) is 12.1 Å². The average Bonchev–Trinajstić information content (AvgIpc) is 2.78. The van der Waals surface area contributed by atoms with E-state index < -0.39 is 0 Å². The molecule has 0 unspecified atom stereocenters. The number of aromatic nitrogens is 1. The Morgan fingerprint density at radius 2 is 2.21 bits per heavy atom. The highest BCUT2D eigenvalue weighted by atomic mass is 35.5. The normalized spacial score (nSPS) is 14.5. The second kappa shape index (κ2) is 5.02. The Bertz CT molecular complexity index is 633. The molecule has 5 heteroatoms. The first kappa shape index (κ1) is 12.8. The zero-order valence-electron chi connectivity index (χ0n) is 10.1. The number of carbonyl (C=O) groups is 1.